The van der Waals surface area contributed by atoms with E-state index in [1.165, 1.54) is 16.8 Å². The lowest BCUT2D eigenvalue weighted by molar-refractivity contribution is -0.136. The molecule has 3 atom stereocenters. The summed E-state index contributed by atoms with van der Waals surface area (Å²) in [6.07, 6.45) is 4.05. The molecule has 2 aromatic carbocycles. The van der Waals surface area contributed by atoms with Crippen molar-refractivity contribution in [3.05, 3.63) is 64.9 Å². The number of fused-ring (bicyclic) bond motifs is 1. The Balaban J connectivity index is 1.37. The second-order valence-corrected chi connectivity index (χ2v) is 8.63. The third kappa shape index (κ3) is 3.14. The summed E-state index contributed by atoms with van der Waals surface area (Å²) >= 11 is 1.71. The second kappa shape index (κ2) is 6.71. The van der Waals surface area contributed by atoms with Crippen LogP contribution >= 0.6 is 11.3 Å². The normalized spacial score (nSPS) is 24.9. The van der Waals surface area contributed by atoms with Gasteiger partial charge in [-0.1, -0.05) is 24.3 Å². The van der Waals surface area contributed by atoms with E-state index in [9.17, 15) is 9.18 Å². The van der Waals surface area contributed by atoms with Gasteiger partial charge in [-0.3, -0.25) is 4.79 Å². The Morgan fingerprint density at radius 2 is 1.93 bits per heavy atom. The summed E-state index contributed by atoms with van der Waals surface area (Å²) in [5.41, 5.74) is 2.09. The van der Waals surface area contributed by atoms with Gasteiger partial charge in [-0.25, -0.2) is 9.37 Å². The van der Waals surface area contributed by atoms with E-state index < -0.39 is 0 Å². The Morgan fingerprint density at radius 1 is 1.11 bits per heavy atom. The van der Waals surface area contributed by atoms with E-state index in [4.69, 9.17) is 4.98 Å². The van der Waals surface area contributed by atoms with Crippen LogP contribution in [-0.2, 0) is 4.79 Å². The van der Waals surface area contributed by atoms with Gasteiger partial charge in [0.1, 0.15) is 10.8 Å². The van der Waals surface area contributed by atoms with E-state index in [-0.39, 0.29) is 29.6 Å². The zero-order valence-electron chi connectivity index (χ0n) is 15.0. The average Bonchev–Trinajstić information content (AvgIpc) is 3.38. The third-order valence-corrected chi connectivity index (χ3v) is 6.92. The number of hydrogen-bond donors (Lipinski definition) is 0. The molecule has 3 nitrogen and oxygen atoms in total. The van der Waals surface area contributed by atoms with Crippen molar-refractivity contribution in [1.82, 2.24) is 9.88 Å². The Labute approximate surface area is 161 Å². The largest absolute Gasteiger partial charge is 0.333 e. The average molecular weight is 380 g/mol. The van der Waals surface area contributed by atoms with Crippen molar-refractivity contribution in [2.24, 2.45) is 5.92 Å². The number of carbonyl (C=O) groups is 1. The molecule has 0 radical (unpaired) electrons. The van der Waals surface area contributed by atoms with Crippen LogP contribution in [0.1, 0.15) is 48.2 Å². The summed E-state index contributed by atoms with van der Waals surface area (Å²) in [6.45, 7) is 0.812. The molecular weight excluding hydrogens is 359 g/mol. The molecule has 0 N–H and O–H groups in total. The summed E-state index contributed by atoms with van der Waals surface area (Å²) in [6, 6.07) is 14.9. The third-order valence-electron chi connectivity index (χ3n) is 5.79. The topological polar surface area (TPSA) is 33.2 Å². The van der Waals surface area contributed by atoms with Gasteiger partial charge in [-0.2, -0.15) is 0 Å². The van der Waals surface area contributed by atoms with E-state index in [1.54, 1.807) is 11.3 Å². The maximum absolute atomic E-state index is 13.2. The molecular formula is C22H21FN2OS. The zero-order chi connectivity index (χ0) is 18.4. The van der Waals surface area contributed by atoms with Gasteiger partial charge >= 0.3 is 0 Å². The van der Waals surface area contributed by atoms with Crippen LogP contribution in [0.25, 0.3) is 10.2 Å². The molecule has 2 aliphatic rings. The van der Waals surface area contributed by atoms with Crippen molar-refractivity contribution in [2.75, 3.05) is 6.54 Å². The molecule has 27 heavy (non-hydrogen) atoms. The van der Waals surface area contributed by atoms with Crippen LogP contribution in [0.3, 0.4) is 0 Å². The van der Waals surface area contributed by atoms with Gasteiger partial charge in [0.05, 0.1) is 16.3 Å². The molecule has 138 valence electrons. The molecule has 1 saturated carbocycles. The van der Waals surface area contributed by atoms with Crippen molar-refractivity contribution in [3.8, 4) is 0 Å². The van der Waals surface area contributed by atoms with Crippen molar-refractivity contribution >= 4 is 27.5 Å². The fourth-order valence-corrected chi connectivity index (χ4v) is 5.36. The predicted octanol–water partition coefficient (Wildman–Crippen LogP) is 5.29. The van der Waals surface area contributed by atoms with Crippen molar-refractivity contribution in [1.29, 1.82) is 0 Å². The fourth-order valence-electron chi connectivity index (χ4n) is 4.24. The first-order valence-corrected chi connectivity index (χ1v) is 10.4. The van der Waals surface area contributed by atoms with E-state index in [2.05, 4.69) is 11.0 Å². The number of aromatic nitrogens is 1. The SMILES string of the molecule is O=C([C@@H]1C[C@H]1c1ccc(F)cc1)N1CCCC[C@H]1c1nc2ccccc2s1. The summed E-state index contributed by atoms with van der Waals surface area (Å²) in [4.78, 5) is 20.1. The van der Waals surface area contributed by atoms with Crippen LogP contribution in [0.2, 0.25) is 0 Å². The van der Waals surface area contributed by atoms with Gasteiger partial charge in [-0.15, -0.1) is 11.3 Å². The smallest absolute Gasteiger partial charge is 0.226 e. The van der Waals surface area contributed by atoms with Crippen LogP contribution in [0.5, 0.6) is 0 Å². The molecule has 2 fully saturated rings. The maximum Gasteiger partial charge on any atom is 0.226 e. The lowest BCUT2D eigenvalue weighted by Gasteiger charge is -2.35. The molecule has 0 unspecified atom stereocenters. The molecule has 1 aliphatic heterocycles. The minimum atomic E-state index is -0.228. The standard InChI is InChI=1S/C22H21FN2OS/c23-15-10-8-14(9-11-15)16-13-17(16)22(26)25-12-4-3-6-19(25)21-24-18-5-1-2-7-20(18)27-21/h1-2,5,7-11,16-17,19H,3-4,6,12-13H2/t16-,17+,19-/m0/s1. The summed E-state index contributed by atoms with van der Waals surface area (Å²) in [5, 5.41) is 1.06. The highest BCUT2D eigenvalue weighted by atomic mass is 32.1. The number of piperidine rings is 1. The number of benzene rings is 2. The first-order chi connectivity index (χ1) is 13.2. The highest BCUT2D eigenvalue weighted by molar-refractivity contribution is 7.18. The molecule has 0 spiro atoms. The number of amides is 1. The predicted molar refractivity (Wildman–Crippen MR) is 105 cm³/mol. The highest BCUT2D eigenvalue weighted by Gasteiger charge is 2.47. The van der Waals surface area contributed by atoms with Crippen molar-refractivity contribution in [3.63, 3.8) is 0 Å². The Bertz CT molecular complexity index is 950. The van der Waals surface area contributed by atoms with Crippen molar-refractivity contribution in [2.45, 2.75) is 37.6 Å². The maximum atomic E-state index is 13.2. The van der Waals surface area contributed by atoms with Gasteiger partial charge in [0.15, 0.2) is 0 Å². The molecule has 1 saturated heterocycles. The highest BCUT2D eigenvalue weighted by Crippen LogP contribution is 2.50. The molecule has 1 aromatic heterocycles. The van der Waals surface area contributed by atoms with Crippen LogP contribution < -0.4 is 0 Å². The number of rotatable bonds is 3. The molecule has 5 rings (SSSR count). The number of carbonyl (C=O) groups excluding carboxylic acids is 1. The lowest BCUT2D eigenvalue weighted by atomic mass is 10.0. The number of likely N-dealkylation sites (tertiary alicyclic amines) is 1. The number of thiazole rings is 1. The monoisotopic (exact) mass is 380 g/mol. The van der Waals surface area contributed by atoms with Gasteiger partial charge < -0.3 is 4.90 Å². The Morgan fingerprint density at radius 3 is 2.74 bits per heavy atom. The van der Waals surface area contributed by atoms with Crippen LogP contribution in [0.4, 0.5) is 4.39 Å². The van der Waals surface area contributed by atoms with E-state index >= 15 is 0 Å². The van der Waals surface area contributed by atoms with Crippen LogP contribution in [0.15, 0.2) is 48.5 Å². The summed E-state index contributed by atoms with van der Waals surface area (Å²) < 4.78 is 14.3. The second-order valence-electron chi connectivity index (χ2n) is 7.56. The van der Waals surface area contributed by atoms with Gasteiger partial charge in [0.2, 0.25) is 5.91 Å². The number of para-hydroxylation sites is 1. The number of hydrogen-bond acceptors (Lipinski definition) is 3. The molecule has 3 aromatic rings. The molecule has 5 heteroatoms. The number of halogens is 1. The summed E-state index contributed by atoms with van der Waals surface area (Å²) in [5.74, 6) is 0.281. The quantitative estimate of drug-likeness (QED) is 0.618. The van der Waals surface area contributed by atoms with E-state index in [0.717, 1.165) is 48.3 Å². The lowest BCUT2D eigenvalue weighted by Crippen LogP contribution is -2.39. The Kier molecular flexibility index (Phi) is 4.20. The van der Waals surface area contributed by atoms with E-state index in [0.29, 0.717) is 0 Å². The summed E-state index contributed by atoms with van der Waals surface area (Å²) in [7, 11) is 0. The molecule has 0 bridgehead atoms. The first-order valence-electron chi connectivity index (χ1n) is 9.62. The molecule has 1 amide bonds. The minimum Gasteiger partial charge on any atom is -0.333 e. The molecule has 1 aliphatic carbocycles. The first kappa shape index (κ1) is 16.9. The zero-order valence-corrected chi connectivity index (χ0v) is 15.8. The fraction of sp³-hybridized carbons (Fsp3) is 0.364. The van der Waals surface area contributed by atoms with Gasteiger partial charge in [0.25, 0.3) is 0 Å². The van der Waals surface area contributed by atoms with E-state index in [1.807, 2.05) is 30.3 Å². The molecule has 2 heterocycles. The van der Waals surface area contributed by atoms with Crippen LogP contribution in [0, 0.1) is 11.7 Å². The van der Waals surface area contributed by atoms with Crippen LogP contribution in [-0.4, -0.2) is 22.3 Å². The van der Waals surface area contributed by atoms with Crippen molar-refractivity contribution < 1.29 is 9.18 Å². The van der Waals surface area contributed by atoms with Gasteiger partial charge in [0, 0.05) is 12.5 Å². The number of nitrogens with zero attached hydrogens (tertiary/aromatic N) is 2. The van der Waals surface area contributed by atoms with Gasteiger partial charge in [-0.05, 0) is 61.4 Å². The Hall–Kier alpha value is -2.27. The minimum absolute atomic E-state index is 0.0328.